The van der Waals surface area contributed by atoms with Crippen molar-refractivity contribution in [3.05, 3.63) is 94.1 Å². The minimum absolute atomic E-state index is 0.0119. The van der Waals surface area contributed by atoms with E-state index in [1.54, 1.807) is 0 Å². The lowest BCUT2D eigenvalue weighted by Gasteiger charge is -2.56. The Morgan fingerprint density at radius 3 is 2.63 bits per heavy atom. The van der Waals surface area contributed by atoms with E-state index in [1.807, 2.05) is 56.3 Å². The van der Waals surface area contributed by atoms with Crippen molar-refractivity contribution in [3.63, 3.8) is 0 Å². The third kappa shape index (κ3) is 9.16. The molecule has 7 nitrogen and oxygen atoms in total. The largest absolute Gasteiger partial charge is 0.392 e. The van der Waals surface area contributed by atoms with Gasteiger partial charge in [-0.3, -0.25) is 4.79 Å². The average Bonchev–Trinajstić information content (AvgIpc) is 3.69. The molecule has 52 heavy (non-hydrogen) atoms. The van der Waals surface area contributed by atoms with Crippen molar-refractivity contribution < 1.29 is 24.9 Å². The molecule has 3 aliphatic carbocycles. The molecule has 1 heterocycles. The average molecular weight is 711 g/mol. The number of aliphatic hydroxyl groups is 3. The minimum Gasteiger partial charge on any atom is -0.392 e. The van der Waals surface area contributed by atoms with Gasteiger partial charge in [0.1, 0.15) is 6.61 Å². The van der Waals surface area contributed by atoms with Crippen molar-refractivity contribution in [3.8, 4) is 11.8 Å². The highest BCUT2D eigenvalue weighted by Gasteiger charge is 2.64. The van der Waals surface area contributed by atoms with E-state index in [0.717, 1.165) is 66.4 Å². The van der Waals surface area contributed by atoms with E-state index in [2.05, 4.69) is 31.4 Å². The molecule has 282 valence electrons. The van der Waals surface area contributed by atoms with Crippen molar-refractivity contribution in [2.24, 2.45) is 28.7 Å². The fourth-order valence-corrected chi connectivity index (χ4v) is 9.59. The number of hydrogen-bond donors (Lipinski definition) is 5. The number of Topliss-reactive ketones (excluding diaryl/α,β-unsaturated/α-hetero) is 1. The van der Waals surface area contributed by atoms with Crippen LogP contribution >= 0.6 is 0 Å². The normalized spacial score (nSPS) is 33.6. The molecule has 0 aromatic heterocycles. The van der Waals surface area contributed by atoms with Gasteiger partial charge in [-0.15, -0.1) is 0 Å². The van der Waals surface area contributed by atoms with Gasteiger partial charge in [0.25, 0.3) is 0 Å². The monoisotopic (exact) mass is 710 g/mol. The van der Waals surface area contributed by atoms with E-state index >= 15 is 0 Å². The second kappa shape index (κ2) is 17.4. The summed E-state index contributed by atoms with van der Waals surface area (Å²) in [6.45, 7) is 10.7. The van der Waals surface area contributed by atoms with E-state index in [1.165, 1.54) is 5.57 Å². The van der Waals surface area contributed by atoms with Crippen LogP contribution in [0.4, 0.5) is 0 Å². The van der Waals surface area contributed by atoms with Gasteiger partial charge in [0, 0.05) is 24.2 Å². The van der Waals surface area contributed by atoms with Gasteiger partial charge in [0.05, 0.1) is 30.1 Å². The molecule has 0 amide bonds. The maximum Gasteiger partial charge on any atom is 0.162 e. The Morgan fingerprint density at radius 1 is 1.12 bits per heavy atom. The summed E-state index contributed by atoms with van der Waals surface area (Å²) in [5, 5.41) is 36.7. The molecule has 7 N–H and O–H groups in total. The van der Waals surface area contributed by atoms with Crippen LogP contribution in [0.1, 0.15) is 122 Å². The van der Waals surface area contributed by atoms with E-state index in [-0.39, 0.29) is 24.0 Å². The summed E-state index contributed by atoms with van der Waals surface area (Å²) >= 11 is 0. The number of ketones is 1. The Balaban J connectivity index is 1.50. The third-order valence-electron chi connectivity index (χ3n) is 12.7. The first-order valence-corrected chi connectivity index (χ1v) is 19.5. The van der Waals surface area contributed by atoms with Crippen molar-refractivity contribution >= 4 is 5.78 Å². The first kappa shape index (κ1) is 40.1. The molecule has 1 spiro atoms. The zero-order valence-corrected chi connectivity index (χ0v) is 31.8. The topological polar surface area (TPSA) is 139 Å². The minimum atomic E-state index is -1.19. The van der Waals surface area contributed by atoms with Gasteiger partial charge in [0.15, 0.2) is 5.78 Å². The Kier molecular flexibility index (Phi) is 13.4. The number of aliphatic hydroxyl groups excluding tert-OH is 1. The first-order chi connectivity index (χ1) is 24.8. The number of benzene rings is 1. The molecule has 5 rings (SSSR count). The molecule has 3 saturated carbocycles. The van der Waals surface area contributed by atoms with Crippen LogP contribution in [0.5, 0.6) is 0 Å². The Morgan fingerprint density at radius 2 is 1.88 bits per heavy atom. The smallest absolute Gasteiger partial charge is 0.162 e. The third-order valence-corrected chi connectivity index (χ3v) is 12.7. The number of ether oxygens (including phenoxy) is 1. The highest BCUT2D eigenvalue weighted by Crippen LogP contribution is 2.63. The summed E-state index contributed by atoms with van der Waals surface area (Å²) in [4.78, 5) is 14.1. The van der Waals surface area contributed by atoms with E-state index in [4.69, 9.17) is 16.2 Å². The standard InChI is InChI=1S/C45H62N2O5/c1-31-12-5-8-27-52-30-36(18-10-15-32(2)14-9-13-31)38-20-26-45(41(38)49)39(21-25-44(51)22-6-7-23-44)37(19-24-43(45,4)50)33(3)40(48)29-34-16-11-17-35(28-34)42(46)47/h10-11,13,15-18,28,38-39,41-42,49-51H,2,6-7,9,12,14,19-27,29-30,46-47H2,1,3-4H3/b15-10-,31-13-,36-18+,37-33+/t38-,39-,41-,43-,45-/m1/s1. The summed E-state index contributed by atoms with van der Waals surface area (Å²) in [5.74, 6) is 5.83. The Labute approximate surface area is 312 Å². The fraction of sp³-hybridized carbons (Fsp3) is 0.578. The van der Waals surface area contributed by atoms with Crippen molar-refractivity contribution in [1.29, 1.82) is 0 Å². The van der Waals surface area contributed by atoms with Crippen LogP contribution in [0.15, 0.2) is 83.0 Å². The number of hydrogen-bond acceptors (Lipinski definition) is 7. The molecule has 1 aromatic carbocycles. The molecular formula is C45H62N2O5. The molecule has 0 bridgehead atoms. The van der Waals surface area contributed by atoms with Crippen LogP contribution < -0.4 is 11.5 Å². The molecule has 4 aliphatic rings. The summed E-state index contributed by atoms with van der Waals surface area (Å²) in [6.07, 6.45) is 16.4. The van der Waals surface area contributed by atoms with Gasteiger partial charge in [-0.2, -0.15) is 0 Å². The van der Waals surface area contributed by atoms with Crippen molar-refractivity contribution in [1.82, 2.24) is 0 Å². The van der Waals surface area contributed by atoms with Crippen molar-refractivity contribution in [2.45, 2.75) is 134 Å². The molecule has 3 fully saturated rings. The van der Waals surface area contributed by atoms with Crippen LogP contribution in [0.3, 0.4) is 0 Å². The van der Waals surface area contributed by atoms with Gasteiger partial charge >= 0.3 is 0 Å². The molecule has 0 saturated heterocycles. The van der Waals surface area contributed by atoms with Crippen LogP contribution in [0, 0.1) is 29.1 Å². The lowest BCUT2D eigenvalue weighted by molar-refractivity contribution is -0.169. The highest BCUT2D eigenvalue weighted by molar-refractivity contribution is 5.97. The first-order valence-electron chi connectivity index (χ1n) is 19.5. The van der Waals surface area contributed by atoms with Gasteiger partial charge in [-0.05, 0) is 113 Å². The molecule has 1 aromatic rings. The summed E-state index contributed by atoms with van der Waals surface area (Å²) in [7, 11) is 0. The zero-order valence-electron chi connectivity index (χ0n) is 31.8. The van der Waals surface area contributed by atoms with Crippen LogP contribution in [0.2, 0.25) is 0 Å². The summed E-state index contributed by atoms with van der Waals surface area (Å²) < 4.78 is 6.10. The second-order valence-corrected chi connectivity index (χ2v) is 16.3. The van der Waals surface area contributed by atoms with Gasteiger partial charge in [-0.1, -0.05) is 96.6 Å². The van der Waals surface area contributed by atoms with Gasteiger partial charge in [-0.25, -0.2) is 0 Å². The summed E-state index contributed by atoms with van der Waals surface area (Å²) in [6, 6.07) is 7.55. The van der Waals surface area contributed by atoms with E-state index in [9.17, 15) is 20.1 Å². The fourth-order valence-electron chi connectivity index (χ4n) is 9.59. The predicted molar refractivity (Wildman–Crippen MR) is 209 cm³/mol. The molecule has 0 radical (unpaired) electrons. The van der Waals surface area contributed by atoms with E-state index in [0.29, 0.717) is 63.7 Å². The number of nitrogens with two attached hydrogens (primary N) is 2. The number of allylic oxidation sites excluding steroid dienone is 8. The molecule has 7 heteroatoms. The Hall–Kier alpha value is -3.09. The SMILES string of the molecule is C=C1/C=C\C=C(\[C@H]2CC[C@@]3([C@H](CCC4(O)CCCC4)/C(=C(\C)C(=O)Cc4cccc(C(N)N)c4)CC[C@@]3(C)O)[C@@H]2O)COCC#CC/C(C)=C\CC1. The molecule has 1 aliphatic heterocycles. The van der Waals surface area contributed by atoms with E-state index < -0.39 is 28.9 Å². The quantitative estimate of drug-likeness (QED) is 0.0831. The second-order valence-electron chi connectivity index (χ2n) is 16.3. The van der Waals surface area contributed by atoms with Crippen molar-refractivity contribution in [2.75, 3.05) is 13.2 Å². The lowest BCUT2D eigenvalue weighted by atomic mass is 9.52. The lowest BCUT2D eigenvalue weighted by Crippen LogP contribution is -2.59. The van der Waals surface area contributed by atoms with Crippen LogP contribution in [-0.4, -0.2) is 51.6 Å². The highest BCUT2D eigenvalue weighted by atomic mass is 16.5. The predicted octanol–water partition coefficient (Wildman–Crippen LogP) is 7.22. The number of carbonyl (C=O) groups excluding carboxylic acids is 1. The number of carbonyl (C=O) groups is 1. The number of rotatable bonds is 8. The van der Waals surface area contributed by atoms with Gasteiger partial charge in [0.2, 0.25) is 0 Å². The molecule has 5 atom stereocenters. The maximum atomic E-state index is 14.1. The molecular weight excluding hydrogens is 649 g/mol. The maximum absolute atomic E-state index is 14.1. The summed E-state index contributed by atoms with van der Waals surface area (Å²) in [5.41, 5.74) is 15.6. The molecule has 0 unspecified atom stereocenters. The van der Waals surface area contributed by atoms with Crippen LogP contribution in [-0.2, 0) is 16.0 Å². The van der Waals surface area contributed by atoms with Crippen LogP contribution in [0.25, 0.3) is 0 Å². The zero-order chi connectivity index (χ0) is 37.5. The van der Waals surface area contributed by atoms with Gasteiger partial charge < -0.3 is 31.5 Å². The Bertz CT molecular complexity index is 1650.